The first-order valence-electron chi connectivity index (χ1n) is 8.36. The number of benzene rings is 1. The highest BCUT2D eigenvalue weighted by Gasteiger charge is 2.40. The Labute approximate surface area is 141 Å². The van der Waals surface area contributed by atoms with Crippen molar-refractivity contribution < 1.29 is 9.59 Å². The van der Waals surface area contributed by atoms with Crippen LogP contribution in [-0.2, 0) is 0 Å². The number of fused-ring (bicyclic) bond motifs is 2. The maximum atomic E-state index is 13.1. The fourth-order valence-corrected chi connectivity index (χ4v) is 3.89. The van der Waals surface area contributed by atoms with Crippen LogP contribution in [0.15, 0.2) is 18.2 Å². The number of urea groups is 1. The van der Waals surface area contributed by atoms with Gasteiger partial charge in [-0.1, -0.05) is 12.1 Å². The second-order valence-electron chi connectivity index (χ2n) is 6.86. The summed E-state index contributed by atoms with van der Waals surface area (Å²) in [6, 6.07) is 6.06. The van der Waals surface area contributed by atoms with E-state index < -0.39 is 0 Å². The van der Waals surface area contributed by atoms with Crippen LogP contribution in [0.4, 0.5) is 4.79 Å². The number of piperazine rings is 1. The average molecular weight is 326 g/mol. The van der Waals surface area contributed by atoms with Crippen LogP contribution in [0.5, 0.6) is 0 Å². The van der Waals surface area contributed by atoms with Crippen molar-refractivity contribution in [1.82, 2.24) is 19.7 Å². The van der Waals surface area contributed by atoms with Gasteiger partial charge < -0.3 is 19.7 Å². The van der Waals surface area contributed by atoms with Crippen LogP contribution < -0.4 is 0 Å². The molecule has 4 rings (SSSR count). The smallest absolute Gasteiger partial charge is 0.320 e. The zero-order chi connectivity index (χ0) is 17.0. The Bertz CT molecular complexity index is 841. The molecule has 3 amide bonds. The molecule has 2 saturated heterocycles. The van der Waals surface area contributed by atoms with Gasteiger partial charge in [-0.05, 0) is 25.5 Å². The lowest BCUT2D eigenvalue weighted by molar-refractivity contribution is 0.0618. The van der Waals surface area contributed by atoms with Gasteiger partial charge in [0.15, 0.2) is 0 Å². The summed E-state index contributed by atoms with van der Waals surface area (Å²) in [4.78, 5) is 34.0. The molecule has 0 aliphatic carbocycles. The molecule has 1 aromatic heterocycles. The summed E-state index contributed by atoms with van der Waals surface area (Å²) in [6.45, 7) is 6.59. The van der Waals surface area contributed by atoms with Crippen molar-refractivity contribution in [3.63, 3.8) is 0 Å². The van der Waals surface area contributed by atoms with Gasteiger partial charge in [0.05, 0.1) is 17.1 Å². The maximum Gasteiger partial charge on any atom is 0.320 e. The third-order valence-electron chi connectivity index (χ3n) is 5.40. The van der Waals surface area contributed by atoms with Gasteiger partial charge in [-0.3, -0.25) is 4.79 Å². The number of nitrogens with one attached hydrogen (secondary N) is 1. The Morgan fingerprint density at radius 2 is 2.00 bits per heavy atom. The second-order valence-corrected chi connectivity index (χ2v) is 6.86. The zero-order valence-corrected chi connectivity index (χ0v) is 14.3. The number of aromatic nitrogens is 1. The van der Waals surface area contributed by atoms with Crippen molar-refractivity contribution in [2.75, 3.05) is 33.2 Å². The largest absolute Gasteiger partial charge is 0.358 e. The summed E-state index contributed by atoms with van der Waals surface area (Å²) in [5.74, 6) is 0.0449. The molecule has 3 heterocycles. The highest BCUT2D eigenvalue weighted by atomic mass is 16.2. The van der Waals surface area contributed by atoms with Gasteiger partial charge in [0.1, 0.15) is 0 Å². The van der Waals surface area contributed by atoms with E-state index in [1.165, 1.54) is 5.56 Å². The van der Waals surface area contributed by atoms with Crippen molar-refractivity contribution in [3.8, 4) is 0 Å². The predicted molar refractivity (Wildman–Crippen MR) is 92.2 cm³/mol. The van der Waals surface area contributed by atoms with E-state index in [1.807, 2.05) is 42.0 Å². The molecule has 0 saturated carbocycles. The number of carbonyl (C=O) groups is 2. The lowest BCUT2D eigenvalue weighted by atomic mass is 10.1. The number of carbonyl (C=O) groups excluding carboxylic acids is 2. The van der Waals surface area contributed by atoms with Gasteiger partial charge in [0.2, 0.25) is 0 Å². The van der Waals surface area contributed by atoms with Gasteiger partial charge in [0.25, 0.3) is 5.91 Å². The third kappa shape index (κ3) is 2.09. The molecule has 2 aromatic rings. The lowest BCUT2D eigenvalue weighted by Crippen LogP contribution is -2.53. The molecule has 24 heavy (non-hydrogen) atoms. The van der Waals surface area contributed by atoms with E-state index in [2.05, 4.69) is 11.9 Å². The lowest BCUT2D eigenvalue weighted by Gasteiger charge is -2.36. The molecule has 2 aliphatic heterocycles. The van der Waals surface area contributed by atoms with Crippen LogP contribution in [0.2, 0.25) is 0 Å². The van der Waals surface area contributed by atoms with Gasteiger partial charge in [-0.15, -0.1) is 0 Å². The molecule has 6 heteroatoms. The van der Waals surface area contributed by atoms with Crippen LogP contribution in [0.3, 0.4) is 0 Å². The number of hydrogen-bond acceptors (Lipinski definition) is 2. The van der Waals surface area contributed by atoms with Crippen LogP contribution in [-0.4, -0.2) is 70.9 Å². The van der Waals surface area contributed by atoms with E-state index in [9.17, 15) is 9.59 Å². The van der Waals surface area contributed by atoms with E-state index in [4.69, 9.17) is 0 Å². The third-order valence-corrected chi connectivity index (χ3v) is 5.40. The number of para-hydroxylation sites is 1. The Kier molecular flexibility index (Phi) is 3.30. The fourth-order valence-electron chi connectivity index (χ4n) is 3.89. The predicted octanol–water partition coefficient (Wildman–Crippen LogP) is 1.98. The molecule has 0 bridgehead atoms. The number of amides is 3. The van der Waals surface area contributed by atoms with Gasteiger partial charge in [0, 0.05) is 44.3 Å². The number of aryl methyl sites for hydroxylation is 2. The maximum absolute atomic E-state index is 13.1. The van der Waals surface area contributed by atoms with Gasteiger partial charge >= 0.3 is 6.03 Å². The standard InChI is InChI=1S/C18H22N4O2/c1-11-12(2)19-16-14(11)5-4-6-15(16)17(23)21-7-8-22-13(10-21)9-20(3)18(22)24/h4-6,13,19H,7-10H2,1-3H3. The van der Waals surface area contributed by atoms with E-state index in [1.54, 1.807) is 4.90 Å². The van der Waals surface area contributed by atoms with Gasteiger partial charge in [-0.25, -0.2) is 4.79 Å². The normalized spacial score (nSPS) is 20.9. The SMILES string of the molecule is Cc1[nH]c2c(C(=O)N3CCN4C(=O)N(C)CC4C3)cccc2c1C. The molecule has 1 unspecified atom stereocenters. The van der Waals surface area contributed by atoms with Crippen molar-refractivity contribution in [2.24, 2.45) is 0 Å². The molecule has 2 fully saturated rings. The molecule has 126 valence electrons. The van der Waals surface area contributed by atoms with E-state index in [0.717, 1.165) is 22.2 Å². The highest BCUT2D eigenvalue weighted by molar-refractivity contribution is 6.06. The van der Waals surface area contributed by atoms with E-state index >= 15 is 0 Å². The highest BCUT2D eigenvalue weighted by Crippen LogP contribution is 2.26. The van der Waals surface area contributed by atoms with E-state index in [-0.39, 0.29) is 18.0 Å². The molecule has 1 atom stereocenters. The minimum absolute atomic E-state index is 0.0449. The molecule has 0 radical (unpaired) electrons. The molecule has 1 N–H and O–H groups in total. The van der Waals surface area contributed by atoms with Crippen LogP contribution >= 0.6 is 0 Å². The summed E-state index contributed by atoms with van der Waals surface area (Å²) < 4.78 is 0. The first-order valence-corrected chi connectivity index (χ1v) is 8.36. The van der Waals surface area contributed by atoms with Crippen LogP contribution in [0.25, 0.3) is 10.9 Å². The van der Waals surface area contributed by atoms with Crippen molar-refractivity contribution >= 4 is 22.8 Å². The Hall–Kier alpha value is -2.50. The molecule has 1 aromatic carbocycles. The molecular formula is C18H22N4O2. The number of nitrogens with zero attached hydrogens (tertiary/aromatic N) is 3. The Morgan fingerprint density at radius 3 is 2.79 bits per heavy atom. The summed E-state index contributed by atoms with van der Waals surface area (Å²) in [5.41, 5.74) is 3.92. The number of H-pyrrole nitrogens is 1. The molecule has 0 spiro atoms. The summed E-state index contributed by atoms with van der Waals surface area (Å²) in [5, 5.41) is 1.10. The zero-order valence-electron chi connectivity index (χ0n) is 14.3. The van der Waals surface area contributed by atoms with Crippen LogP contribution in [0.1, 0.15) is 21.6 Å². The minimum atomic E-state index is 0.0449. The molecule has 2 aliphatic rings. The minimum Gasteiger partial charge on any atom is -0.358 e. The quantitative estimate of drug-likeness (QED) is 0.871. The van der Waals surface area contributed by atoms with Crippen molar-refractivity contribution in [2.45, 2.75) is 19.9 Å². The molecular weight excluding hydrogens is 304 g/mol. The topological polar surface area (TPSA) is 59.7 Å². The molecule has 6 nitrogen and oxygen atoms in total. The number of aromatic amines is 1. The Morgan fingerprint density at radius 1 is 1.21 bits per heavy atom. The summed E-state index contributed by atoms with van der Waals surface area (Å²) in [6.07, 6.45) is 0. The fraction of sp³-hybridized carbons (Fsp3) is 0.444. The van der Waals surface area contributed by atoms with Gasteiger partial charge in [-0.2, -0.15) is 0 Å². The first-order chi connectivity index (χ1) is 11.5. The average Bonchev–Trinajstić information content (AvgIpc) is 3.03. The first kappa shape index (κ1) is 15.1. The summed E-state index contributed by atoms with van der Waals surface area (Å²) >= 11 is 0. The number of hydrogen-bond donors (Lipinski definition) is 1. The van der Waals surface area contributed by atoms with Crippen LogP contribution in [0, 0.1) is 13.8 Å². The van der Waals surface area contributed by atoms with Crippen molar-refractivity contribution in [1.29, 1.82) is 0 Å². The monoisotopic (exact) mass is 326 g/mol. The number of likely N-dealkylation sites (N-methyl/N-ethyl adjacent to an activating group) is 1. The number of rotatable bonds is 1. The second kappa shape index (κ2) is 5.26. The van der Waals surface area contributed by atoms with E-state index in [0.29, 0.717) is 26.2 Å². The Balaban J connectivity index is 1.63. The summed E-state index contributed by atoms with van der Waals surface area (Å²) in [7, 11) is 1.82. The van der Waals surface area contributed by atoms with Crippen molar-refractivity contribution in [3.05, 3.63) is 35.0 Å².